The van der Waals surface area contributed by atoms with Crippen LogP contribution in [0.3, 0.4) is 0 Å². The Labute approximate surface area is 95.5 Å². The topological polar surface area (TPSA) is 65.3 Å². The monoisotopic (exact) mass is 220 g/mol. The van der Waals surface area contributed by atoms with Crippen LogP contribution in [0, 0.1) is 11.3 Å². The van der Waals surface area contributed by atoms with Gasteiger partial charge < -0.3 is 15.2 Å². The molecule has 1 aromatic carbocycles. The van der Waals surface area contributed by atoms with Crippen molar-refractivity contribution in [3.05, 3.63) is 23.8 Å². The number of hydrogen-bond acceptors (Lipinski definition) is 4. The van der Waals surface area contributed by atoms with E-state index in [1.807, 2.05) is 13.0 Å². The predicted octanol–water partition coefficient (Wildman–Crippen LogP) is 1.79. The number of phenols is 1. The number of benzene rings is 1. The number of ether oxygens (including phenoxy) is 1. The number of nitrogens with zero attached hydrogens (tertiary/aromatic N) is 1. The molecule has 4 nitrogen and oxygen atoms in total. The standard InChI is InChI=1S/C12H16N2O2/c1-2-16-12-8-10(4-5-11(12)15)9-14-7-3-6-13/h4-5,8,14-15H,2-3,7,9H2,1H3. The summed E-state index contributed by atoms with van der Waals surface area (Å²) in [5, 5.41) is 21.0. The van der Waals surface area contributed by atoms with Gasteiger partial charge in [-0.05, 0) is 24.6 Å². The van der Waals surface area contributed by atoms with Crippen LogP contribution in [0.1, 0.15) is 18.9 Å². The predicted molar refractivity (Wildman–Crippen MR) is 61.2 cm³/mol. The molecule has 0 aliphatic heterocycles. The van der Waals surface area contributed by atoms with E-state index in [1.54, 1.807) is 12.1 Å². The van der Waals surface area contributed by atoms with Crippen LogP contribution in [0.5, 0.6) is 11.5 Å². The van der Waals surface area contributed by atoms with Gasteiger partial charge in [-0.1, -0.05) is 6.07 Å². The minimum absolute atomic E-state index is 0.155. The fourth-order valence-electron chi connectivity index (χ4n) is 1.32. The van der Waals surface area contributed by atoms with E-state index in [0.717, 1.165) is 5.56 Å². The van der Waals surface area contributed by atoms with Gasteiger partial charge in [0.05, 0.1) is 12.7 Å². The number of rotatable bonds is 6. The van der Waals surface area contributed by atoms with E-state index in [2.05, 4.69) is 11.4 Å². The van der Waals surface area contributed by atoms with Crippen molar-refractivity contribution in [2.75, 3.05) is 13.2 Å². The van der Waals surface area contributed by atoms with E-state index in [4.69, 9.17) is 10.00 Å². The van der Waals surface area contributed by atoms with Crippen LogP contribution in [0.25, 0.3) is 0 Å². The smallest absolute Gasteiger partial charge is 0.161 e. The second-order valence-electron chi connectivity index (χ2n) is 3.32. The molecule has 0 saturated heterocycles. The van der Waals surface area contributed by atoms with Gasteiger partial charge in [0.15, 0.2) is 11.5 Å². The lowest BCUT2D eigenvalue weighted by Crippen LogP contribution is -2.14. The lowest BCUT2D eigenvalue weighted by molar-refractivity contribution is 0.317. The Morgan fingerprint density at radius 1 is 1.50 bits per heavy atom. The van der Waals surface area contributed by atoms with E-state index in [1.165, 1.54) is 0 Å². The van der Waals surface area contributed by atoms with Gasteiger partial charge in [0.25, 0.3) is 0 Å². The van der Waals surface area contributed by atoms with Crippen molar-refractivity contribution >= 4 is 0 Å². The van der Waals surface area contributed by atoms with E-state index < -0.39 is 0 Å². The van der Waals surface area contributed by atoms with Gasteiger partial charge in [-0.3, -0.25) is 0 Å². The second-order valence-corrected chi connectivity index (χ2v) is 3.32. The summed E-state index contributed by atoms with van der Waals surface area (Å²) < 4.78 is 5.27. The third kappa shape index (κ3) is 3.79. The zero-order chi connectivity index (χ0) is 11.8. The molecule has 1 aromatic rings. The van der Waals surface area contributed by atoms with E-state index in [0.29, 0.717) is 31.9 Å². The third-order valence-corrected chi connectivity index (χ3v) is 2.07. The average Bonchev–Trinajstić information content (AvgIpc) is 2.29. The highest BCUT2D eigenvalue weighted by Crippen LogP contribution is 2.26. The summed E-state index contributed by atoms with van der Waals surface area (Å²) in [6.07, 6.45) is 0.496. The molecule has 0 aromatic heterocycles. The molecule has 0 spiro atoms. The quantitative estimate of drug-likeness (QED) is 0.717. The maximum absolute atomic E-state index is 9.49. The molecular formula is C12H16N2O2. The van der Waals surface area contributed by atoms with Gasteiger partial charge in [-0.15, -0.1) is 0 Å². The summed E-state index contributed by atoms with van der Waals surface area (Å²) in [6.45, 7) is 3.74. The second kappa shape index (κ2) is 6.70. The molecule has 0 aliphatic rings. The molecule has 0 radical (unpaired) electrons. The molecule has 0 heterocycles. The van der Waals surface area contributed by atoms with Crippen molar-refractivity contribution in [3.63, 3.8) is 0 Å². The molecule has 0 fully saturated rings. The van der Waals surface area contributed by atoms with Crippen LogP contribution < -0.4 is 10.1 Å². The van der Waals surface area contributed by atoms with Gasteiger partial charge in [0, 0.05) is 19.5 Å². The summed E-state index contributed by atoms with van der Waals surface area (Å²) in [6, 6.07) is 7.32. The Morgan fingerprint density at radius 3 is 3.00 bits per heavy atom. The van der Waals surface area contributed by atoms with Gasteiger partial charge >= 0.3 is 0 Å². The molecule has 4 heteroatoms. The number of phenolic OH excluding ortho intramolecular Hbond substituents is 1. The highest BCUT2D eigenvalue weighted by molar-refractivity contribution is 5.41. The summed E-state index contributed by atoms with van der Waals surface area (Å²) in [4.78, 5) is 0. The molecule has 0 saturated carbocycles. The van der Waals surface area contributed by atoms with Crippen LogP contribution in [0.2, 0.25) is 0 Å². The third-order valence-electron chi connectivity index (χ3n) is 2.07. The summed E-state index contributed by atoms with van der Waals surface area (Å²) in [7, 11) is 0. The molecule has 16 heavy (non-hydrogen) atoms. The van der Waals surface area contributed by atoms with Crippen molar-refractivity contribution in [1.29, 1.82) is 5.26 Å². The Bertz CT molecular complexity index is 372. The normalized spacial score (nSPS) is 9.75. The van der Waals surface area contributed by atoms with Gasteiger partial charge in [-0.25, -0.2) is 0 Å². The van der Waals surface area contributed by atoms with Crippen LogP contribution in [0.4, 0.5) is 0 Å². The molecule has 0 bridgehead atoms. The average molecular weight is 220 g/mol. The van der Waals surface area contributed by atoms with Crippen molar-refractivity contribution in [1.82, 2.24) is 5.32 Å². The molecule has 0 aliphatic carbocycles. The minimum atomic E-state index is 0.155. The SMILES string of the molecule is CCOc1cc(CNCCC#N)ccc1O. The van der Waals surface area contributed by atoms with Crippen molar-refractivity contribution < 1.29 is 9.84 Å². The zero-order valence-corrected chi connectivity index (χ0v) is 9.36. The Balaban J connectivity index is 2.54. The van der Waals surface area contributed by atoms with Crippen molar-refractivity contribution in [2.45, 2.75) is 19.9 Å². The minimum Gasteiger partial charge on any atom is -0.504 e. The first-order valence-corrected chi connectivity index (χ1v) is 5.30. The number of aromatic hydroxyl groups is 1. The first-order valence-electron chi connectivity index (χ1n) is 5.30. The molecule has 0 unspecified atom stereocenters. The highest BCUT2D eigenvalue weighted by atomic mass is 16.5. The largest absolute Gasteiger partial charge is 0.504 e. The van der Waals surface area contributed by atoms with Crippen LogP contribution in [-0.2, 0) is 6.54 Å². The van der Waals surface area contributed by atoms with Gasteiger partial charge in [-0.2, -0.15) is 5.26 Å². The Hall–Kier alpha value is -1.73. The Kier molecular flexibility index (Phi) is 5.17. The summed E-state index contributed by atoms with van der Waals surface area (Å²) in [5.41, 5.74) is 1.03. The fourth-order valence-corrected chi connectivity index (χ4v) is 1.32. The molecule has 1 rings (SSSR count). The summed E-state index contributed by atoms with van der Waals surface area (Å²) in [5.74, 6) is 0.657. The summed E-state index contributed by atoms with van der Waals surface area (Å²) >= 11 is 0. The van der Waals surface area contributed by atoms with Crippen LogP contribution >= 0.6 is 0 Å². The van der Waals surface area contributed by atoms with E-state index in [-0.39, 0.29) is 5.75 Å². The number of hydrogen-bond donors (Lipinski definition) is 2. The van der Waals surface area contributed by atoms with Crippen molar-refractivity contribution in [2.24, 2.45) is 0 Å². The lowest BCUT2D eigenvalue weighted by Gasteiger charge is -2.08. The first-order chi connectivity index (χ1) is 7.77. The zero-order valence-electron chi connectivity index (χ0n) is 9.36. The molecule has 86 valence electrons. The first kappa shape index (κ1) is 12.3. The maximum Gasteiger partial charge on any atom is 0.161 e. The van der Waals surface area contributed by atoms with E-state index >= 15 is 0 Å². The van der Waals surface area contributed by atoms with Gasteiger partial charge in [0.1, 0.15) is 0 Å². The molecule has 0 amide bonds. The molecule has 0 atom stereocenters. The number of nitrogens with one attached hydrogen (secondary N) is 1. The van der Waals surface area contributed by atoms with Crippen LogP contribution in [0.15, 0.2) is 18.2 Å². The fraction of sp³-hybridized carbons (Fsp3) is 0.417. The highest BCUT2D eigenvalue weighted by Gasteiger charge is 2.02. The number of nitriles is 1. The Morgan fingerprint density at radius 2 is 2.31 bits per heavy atom. The van der Waals surface area contributed by atoms with Crippen LogP contribution in [-0.4, -0.2) is 18.3 Å². The van der Waals surface area contributed by atoms with Gasteiger partial charge in [0.2, 0.25) is 0 Å². The maximum atomic E-state index is 9.49. The molecular weight excluding hydrogens is 204 g/mol. The van der Waals surface area contributed by atoms with Crippen molar-refractivity contribution in [3.8, 4) is 17.6 Å². The van der Waals surface area contributed by atoms with E-state index in [9.17, 15) is 5.11 Å². The lowest BCUT2D eigenvalue weighted by atomic mass is 10.2. The molecule has 2 N–H and O–H groups in total.